The molecule has 1 N–H and O–H groups in total. The van der Waals surface area contributed by atoms with Gasteiger partial charge < -0.3 is 5.32 Å². The van der Waals surface area contributed by atoms with Gasteiger partial charge in [0.1, 0.15) is 5.69 Å². The van der Waals surface area contributed by atoms with Crippen molar-refractivity contribution in [3.63, 3.8) is 0 Å². The number of hydrogen-bond donors (Lipinski definition) is 1. The van der Waals surface area contributed by atoms with Crippen LogP contribution < -0.4 is 5.32 Å². The van der Waals surface area contributed by atoms with E-state index in [0.717, 1.165) is 36.2 Å². The smallest absolute Gasteiger partial charge is 0.271 e. The maximum absolute atomic E-state index is 12.5. The molecule has 1 saturated heterocycles. The molecule has 132 valence electrons. The molecular formula is C21H22N4O. The molecule has 5 nitrogen and oxygen atoms in total. The quantitative estimate of drug-likeness (QED) is 0.771. The van der Waals surface area contributed by atoms with Crippen molar-refractivity contribution in [2.45, 2.75) is 25.9 Å². The van der Waals surface area contributed by atoms with E-state index in [9.17, 15) is 4.79 Å². The van der Waals surface area contributed by atoms with E-state index < -0.39 is 0 Å². The van der Waals surface area contributed by atoms with Gasteiger partial charge in [0.2, 0.25) is 0 Å². The molecule has 0 bridgehead atoms. The maximum Gasteiger partial charge on any atom is 0.271 e. The predicted molar refractivity (Wildman–Crippen MR) is 102 cm³/mol. The van der Waals surface area contributed by atoms with Gasteiger partial charge in [0, 0.05) is 13.1 Å². The fourth-order valence-electron chi connectivity index (χ4n) is 3.40. The first-order valence-corrected chi connectivity index (χ1v) is 9.09. The number of benzene rings is 2. The average molecular weight is 346 g/mol. The number of carbonyl (C=O) groups is 1. The third-order valence-corrected chi connectivity index (χ3v) is 4.83. The summed E-state index contributed by atoms with van der Waals surface area (Å²) in [6.07, 6.45) is 4.09. The summed E-state index contributed by atoms with van der Waals surface area (Å²) in [4.78, 5) is 23.7. The number of aromatic nitrogens is 2. The Kier molecular flexibility index (Phi) is 4.88. The zero-order chi connectivity index (χ0) is 17.8. The number of fused-ring (bicyclic) bond motifs is 1. The number of hydrogen-bond acceptors (Lipinski definition) is 4. The Morgan fingerprint density at radius 1 is 0.962 bits per heavy atom. The highest BCUT2D eigenvalue weighted by molar-refractivity contribution is 5.93. The van der Waals surface area contributed by atoms with Gasteiger partial charge in [-0.2, -0.15) is 0 Å². The van der Waals surface area contributed by atoms with Crippen LogP contribution in [0.15, 0.2) is 54.7 Å². The van der Waals surface area contributed by atoms with E-state index in [2.05, 4.69) is 38.4 Å². The average Bonchev–Trinajstić information content (AvgIpc) is 3.20. The summed E-state index contributed by atoms with van der Waals surface area (Å²) >= 11 is 0. The van der Waals surface area contributed by atoms with Gasteiger partial charge in [-0.1, -0.05) is 36.4 Å². The zero-order valence-corrected chi connectivity index (χ0v) is 14.7. The Hall–Kier alpha value is -2.79. The molecule has 1 aliphatic rings. The zero-order valence-electron chi connectivity index (χ0n) is 14.7. The van der Waals surface area contributed by atoms with Crippen molar-refractivity contribution >= 4 is 16.9 Å². The number of amides is 1. The lowest BCUT2D eigenvalue weighted by Crippen LogP contribution is -2.25. The Labute approximate surface area is 153 Å². The van der Waals surface area contributed by atoms with E-state index in [4.69, 9.17) is 0 Å². The van der Waals surface area contributed by atoms with Crippen LogP contribution in [0.25, 0.3) is 11.0 Å². The van der Waals surface area contributed by atoms with Crippen LogP contribution in [0.2, 0.25) is 0 Å². The summed E-state index contributed by atoms with van der Waals surface area (Å²) in [5.41, 5.74) is 4.30. The molecule has 1 aromatic heterocycles. The maximum atomic E-state index is 12.5. The SMILES string of the molecule is O=C(NCc1ccccc1CN1CCCC1)c1cnc2ccccc2n1. The molecule has 2 aromatic carbocycles. The van der Waals surface area contributed by atoms with Gasteiger partial charge in [0.05, 0.1) is 17.2 Å². The normalized spacial score (nSPS) is 14.6. The summed E-state index contributed by atoms with van der Waals surface area (Å²) in [5.74, 6) is -0.195. The molecule has 26 heavy (non-hydrogen) atoms. The Morgan fingerprint density at radius 2 is 1.65 bits per heavy atom. The highest BCUT2D eigenvalue weighted by atomic mass is 16.1. The minimum Gasteiger partial charge on any atom is -0.347 e. The van der Waals surface area contributed by atoms with E-state index >= 15 is 0 Å². The topological polar surface area (TPSA) is 58.1 Å². The van der Waals surface area contributed by atoms with Crippen LogP contribution in [-0.2, 0) is 13.1 Å². The highest BCUT2D eigenvalue weighted by Gasteiger charge is 2.14. The van der Waals surface area contributed by atoms with Gasteiger partial charge in [-0.3, -0.25) is 14.7 Å². The van der Waals surface area contributed by atoms with Crippen LogP contribution in [0.3, 0.4) is 0 Å². The Balaban J connectivity index is 1.45. The minimum atomic E-state index is -0.195. The van der Waals surface area contributed by atoms with Crippen molar-refractivity contribution in [1.82, 2.24) is 20.2 Å². The number of likely N-dealkylation sites (tertiary alicyclic amines) is 1. The third-order valence-electron chi connectivity index (χ3n) is 4.83. The van der Waals surface area contributed by atoms with Gasteiger partial charge >= 0.3 is 0 Å². The standard InChI is InChI=1S/C21H22N4O/c26-21(20-14-22-18-9-3-4-10-19(18)24-20)23-13-16-7-1-2-8-17(16)15-25-11-5-6-12-25/h1-4,7-10,14H,5-6,11-13,15H2,(H,23,26). The summed E-state index contributed by atoms with van der Waals surface area (Å²) in [7, 11) is 0. The minimum absolute atomic E-state index is 0.195. The second-order valence-electron chi connectivity index (χ2n) is 6.68. The van der Waals surface area contributed by atoms with Gasteiger partial charge in [-0.25, -0.2) is 4.98 Å². The van der Waals surface area contributed by atoms with Crippen molar-refractivity contribution in [3.8, 4) is 0 Å². The molecule has 0 aliphatic carbocycles. The largest absolute Gasteiger partial charge is 0.347 e. The van der Waals surface area contributed by atoms with Crippen molar-refractivity contribution in [2.24, 2.45) is 0 Å². The van der Waals surface area contributed by atoms with Crippen molar-refractivity contribution in [1.29, 1.82) is 0 Å². The Morgan fingerprint density at radius 3 is 2.46 bits per heavy atom. The van der Waals surface area contributed by atoms with Gasteiger partial charge in [0.15, 0.2) is 0 Å². The number of carbonyl (C=O) groups excluding carboxylic acids is 1. The molecule has 3 aromatic rings. The molecule has 0 atom stereocenters. The lowest BCUT2D eigenvalue weighted by atomic mass is 10.1. The number of nitrogens with zero attached hydrogens (tertiary/aromatic N) is 3. The van der Waals surface area contributed by atoms with Crippen molar-refractivity contribution in [2.75, 3.05) is 13.1 Å². The molecule has 2 heterocycles. The van der Waals surface area contributed by atoms with E-state index in [-0.39, 0.29) is 5.91 Å². The molecule has 0 radical (unpaired) electrons. The van der Waals surface area contributed by atoms with Crippen molar-refractivity contribution < 1.29 is 4.79 Å². The summed E-state index contributed by atoms with van der Waals surface area (Å²) in [5, 5.41) is 2.99. The predicted octanol–water partition coefficient (Wildman–Crippen LogP) is 3.16. The first-order chi connectivity index (χ1) is 12.8. The van der Waals surface area contributed by atoms with E-state index in [1.807, 2.05) is 30.3 Å². The molecule has 0 spiro atoms. The fraction of sp³-hybridized carbons (Fsp3) is 0.286. The lowest BCUT2D eigenvalue weighted by molar-refractivity contribution is 0.0946. The molecule has 1 fully saturated rings. The first-order valence-electron chi connectivity index (χ1n) is 9.09. The Bertz CT molecular complexity index is 919. The second-order valence-corrected chi connectivity index (χ2v) is 6.68. The van der Waals surface area contributed by atoms with E-state index in [0.29, 0.717) is 12.2 Å². The molecule has 0 unspecified atom stereocenters. The fourth-order valence-corrected chi connectivity index (χ4v) is 3.40. The van der Waals surface area contributed by atoms with E-state index in [1.165, 1.54) is 24.6 Å². The van der Waals surface area contributed by atoms with Crippen LogP contribution in [0, 0.1) is 0 Å². The van der Waals surface area contributed by atoms with Crippen LogP contribution in [0.4, 0.5) is 0 Å². The van der Waals surface area contributed by atoms with Crippen LogP contribution in [0.1, 0.15) is 34.5 Å². The van der Waals surface area contributed by atoms with Crippen LogP contribution in [-0.4, -0.2) is 33.9 Å². The highest BCUT2D eigenvalue weighted by Crippen LogP contribution is 2.16. The number of rotatable bonds is 5. The molecule has 5 heteroatoms. The first kappa shape index (κ1) is 16.7. The lowest BCUT2D eigenvalue weighted by Gasteiger charge is -2.17. The summed E-state index contributed by atoms with van der Waals surface area (Å²) < 4.78 is 0. The third kappa shape index (κ3) is 3.73. The van der Waals surface area contributed by atoms with Gasteiger partial charge in [-0.15, -0.1) is 0 Å². The monoisotopic (exact) mass is 346 g/mol. The van der Waals surface area contributed by atoms with E-state index in [1.54, 1.807) is 0 Å². The van der Waals surface area contributed by atoms with Gasteiger partial charge in [0.25, 0.3) is 5.91 Å². The molecule has 1 amide bonds. The van der Waals surface area contributed by atoms with Gasteiger partial charge in [-0.05, 0) is 49.2 Å². The number of nitrogens with one attached hydrogen (secondary N) is 1. The van der Waals surface area contributed by atoms with Crippen LogP contribution >= 0.6 is 0 Å². The molecule has 0 saturated carbocycles. The second kappa shape index (κ2) is 7.62. The van der Waals surface area contributed by atoms with Crippen molar-refractivity contribution in [3.05, 3.63) is 71.5 Å². The van der Waals surface area contributed by atoms with Crippen LogP contribution in [0.5, 0.6) is 0 Å². The molecule has 1 aliphatic heterocycles. The molecule has 4 rings (SSSR count). The summed E-state index contributed by atoms with van der Waals surface area (Å²) in [6, 6.07) is 15.9. The summed E-state index contributed by atoms with van der Waals surface area (Å²) in [6.45, 7) is 3.76. The molecular weight excluding hydrogens is 324 g/mol. The number of para-hydroxylation sites is 2.